The van der Waals surface area contributed by atoms with Crippen molar-refractivity contribution in [2.24, 2.45) is 35.5 Å². The Labute approximate surface area is 328 Å². The van der Waals surface area contributed by atoms with Crippen molar-refractivity contribution in [1.82, 2.24) is 0 Å². The molecule has 0 heterocycles. The van der Waals surface area contributed by atoms with Crippen molar-refractivity contribution in [3.05, 3.63) is 0 Å². The number of ether oxygens (including phenoxy) is 2. The van der Waals surface area contributed by atoms with Crippen LogP contribution in [0.1, 0.15) is 206 Å². The van der Waals surface area contributed by atoms with Crippen molar-refractivity contribution in [3.8, 4) is 0 Å². The van der Waals surface area contributed by atoms with E-state index in [4.69, 9.17) is 32.7 Å². The molecule has 4 aliphatic carbocycles. The molecule has 4 fully saturated rings. The average Bonchev–Trinajstić information content (AvgIpc) is 3.14. The van der Waals surface area contributed by atoms with Gasteiger partial charge in [-0.25, -0.2) is 0 Å². The molecule has 0 aromatic rings. The van der Waals surface area contributed by atoms with Crippen LogP contribution in [-0.4, -0.2) is 40.7 Å². The number of carbonyl (C=O) groups is 3. The van der Waals surface area contributed by atoms with E-state index < -0.39 is 0 Å². The van der Waals surface area contributed by atoms with E-state index in [-0.39, 0.29) is 34.9 Å². The third kappa shape index (κ3) is 16.5. The quantitative estimate of drug-likeness (QED) is 0.0623. The Morgan fingerprint density at radius 1 is 0.481 bits per heavy atom. The predicted octanol–water partition coefficient (Wildman–Crippen LogP) is 13.1. The van der Waals surface area contributed by atoms with Gasteiger partial charge in [0, 0.05) is 36.4 Å². The number of rotatable bonds is 22. The van der Waals surface area contributed by atoms with Gasteiger partial charge in [0.2, 0.25) is 0 Å². The summed E-state index contributed by atoms with van der Waals surface area (Å²) in [6.45, 7) is 4.04. The molecule has 300 valence electrons. The van der Waals surface area contributed by atoms with Gasteiger partial charge in [-0.1, -0.05) is 65.2 Å². The lowest BCUT2D eigenvalue weighted by molar-refractivity contribution is -0.152. The van der Waals surface area contributed by atoms with Gasteiger partial charge in [0.1, 0.15) is 18.0 Å². The van der Waals surface area contributed by atoms with Crippen LogP contribution in [0.5, 0.6) is 0 Å². The minimum absolute atomic E-state index is 0.0307. The summed E-state index contributed by atoms with van der Waals surface area (Å²) in [5.74, 6) is 4.71. The Morgan fingerprint density at radius 3 is 1.17 bits per heavy atom. The third-order valence-corrected chi connectivity index (χ3v) is 14.7. The number of hydrogen-bond donors (Lipinski definition) is 0. The van der Waals surface area contributed by atoms with E-state index >= 15 is 0 Å². The molecule has 0 aromatic heterocycles. The van der Waals surface area contributed by atoms with Gasteiger partial charge in [-0.05, 0) is 151 Å². The first kappa shape index (κ1) is 43.9. The average molecular weight is 768 g/mol. The van der Waals surface area contributed by atoms with Crippen LogP contribution in [-0.2, 0) is 23.9 Å². The molecular weight excluding hydrogens is 691 g/mol. The number of hydrogen-bond acceptors (Lipinski definition) is 5. The van der Waals surface area contributed by atoms with Gasteiger partial charge < -0.3 is 9.47 Å². The SMILES string of the molecule is CCCC(=O)O[C@H]1CC[C@H](CC(Cl)C2CCC(CCCCC(=O)CCCC[C@H]3CC[C@H](C(Cl)C[C@H]4CC[C@H](OC(=O)CCC)CC4)CC3)CC2)CC1. The third-order valence-electron chi connectivity index (χ3n) is 13.7. The fourth-order valence-electron chi connectivity index (χ4n) is 10.2. The van der Waals surface area contributed by atoms with Crippen molar-refractivity contribution in [2.45, 2.75) is 229 Å². The molecule has 0 spiro atoms. The normalized spacial score (nSPS) is 31.0. The lowest BCUT2D eigenvalue weighted by Gasteiger charge is -2.34. The molecule has 0 aromatic carbocycles. The highest BCUT2D eigenvalue weighted by molar-refractivity contribution is 6.21. The van der Waals surface area contributed by atoms with Crippen LogP contribution >= 0.6 is 23.2 Å². The Balaban J connectivity index is 0.945. The van der Waals surface area contributed by atoms with Gasteiger partial charge in [-0.15, -0.1) is 23.2 Å². The molecule has 0 N–H and O–H groups in total. The number of alkyl halides is 2. The summed E-state index contributed by atoms with van der Waals surface area (Å²) in [5, 5.41) is 0.570. The van der Waals surface area contributed by atoms with Crippen LogP contribution in [0.2, 0.25) is 0 Å². The Bertz CT molecular complexity index is 925. The smallest absolute Gasteiger partial charge is 0.306 e. The van der Waals surface area contributed by atoms with Crippen LogP contribution in [0, 0.1) is 35.5 Å². The second-order valence-electron chi connectivity index (χ2n) is 17.9. The molecule has 52 heavy (non-hydrogen) atoms. The highest BCUT2D eigenvalue weighted by Gasteiger charge is 2.32. The molecule has 4 rings (SSSR count). The molecular formula is C45H76Cl2O5. The van der Waals surface area contributed by atoms with Crippen LogP contribution in [0.15, 0.2) is 0 Å². The topological polar surface area (TPSA) is 69.7 Å². The van der Waals surface area contributed by atoms with Gasteiger partial charge in [0.05, 0.1) is 0 Å². The number of halogens is 2. The number of ketones is 1. The van der Waals surface area contributed by atoms with Crippen molar-refractivity contribution < 1.29 is 23.9 Å². The van der Waals surface area contributed by atoms with Crippen molar-refractivity contribution >= 4 is 40.9 Å². The van der Waals surface area contributed by atoms with Gasteiger partial charge in [-0.3, -0.25) is 14.4 Å². The van der Waals surface area contributed by atoms with E-state index in [0.717, 1.165) is 115 Å². The summed E-state index contributed by atoms with van der Waals surface area (Å²) in [4.78, 5) is 36.3. The second-order valence-corrected chi connectivity index (χ2v) is 19.0. The standard InChI is InChI=1S/C45H76Cl2O5/c1-3-9-44(49)51-40-27-19-35(20-28-40)31-42(46)37-23-15-33(16-24-37)11-5-7-13-39(48)14-8-6-12-34-17-25-38(26-18-34)43(47)32-36-21-29-41(30-22-36)52-45(50)10-4-2/h33-38,40-43H,3-32H2,1-2H3/t33-,34?,35-,36-,37-,38?,40-,41-,42?,43?. The molecule has 0 aliphatic heterocycles. The highest BCUT2D eigenvalue weighted by Crippen LogP contribution is 2.41. The molecule has 0 bridgehead atoms. The van der Waals surface area contributed by atoms with Crippen LogP contribution in [0.3, 0.4) is 0 Å². The lowest BCUT2D eigenvalue weighted by Crippen LogP contribution is -2.28. The summed E-state index contributed by atoms with van der Waals surface area (Å²) < 4.78 is 11.3. The monoisotopic (exact) mass is 767 g/mol. The van der Waals surface area contributed by atoms with E-state index in [2.05, 4.69) is 0 Å². The van der Waals surface area contributed by atoms with Crippen LogP contribution in [0.4, 0.5) is 0 Å². The van der Waals surface area contributed by atoms with Gasteiger partial charge in [-0.2, -0.15) is 0 Å². The minimum atomic E-state index is -0.0307. The van der Waals surface area contributed by atoms with E-state index in [9.17, 15) is 14.4 Å². The van der Waals surface area contributed by atoms with Crippen molar-refractivity contribution in [2.75, 3.05) is 0 Å². The van der Waals surface area contributed by atoms with Crippen molar-refractivity contribution in [3.63, 3.8) is 0 Å². The number of Topliss-reactive ketones (excluding diaryl/α,β-unsaturated/α-hetero) is 1. The zero-order valence-corrected chi connectivity index (χ0v) is 34.8. The summed E-state index contributed by atoms with van der Waals surface area (Å²) in [6.07, 6.45) is 32.7. The maximum Gasteiger partial charge on any atom is 0.306 e. The van der Waals surface area contributed by atoms with Gasteiger partial charge >= 0.3 is 11.9 Å². The Hall–Kier alpha value is -0.810. The minimum Gasteiger partial charge on any atom is -0.462 e. The summed E-state index contributed by atoms with van der Waals surface area (Å²) in [7, 11) is 0. The van der Waals surface area contributed by atoms with E-state index in [1.165, 1.54) is 77.0 Å². The first-order valence-electron chi connectivity index (χ1n) is 22.4. The highest BCUT2D eigenvalue weighted by atomic mass is 35.5. The van der Waals surface area contributed by atoms with Gasteiger partial charge in [0.15, 0.2) is 0 Å². The van der Waals surface area contributed by atoms with Crippen LogP contribution < -0.4 is 0 Å². The second kappa shape index (κ2) is 24.7. The number of esters is 2. The van der Waals surface area contributed by atoms with E-state index in [0.29, 0.717) is 42.3 Å². The van der Waals surface area contributed by atoms with Crippen molar-refractivity contribution in [1.29, 1.82) is 0 Å². The molecule has 4 saturated carbocycles. The molecule has 2 atom stereocenters. The first-order valence-corrected chi connectivity index (χ1v) is 23.3. The molecule has 0 amide bonds. The zero-order chi connectivity index (χ0) is 37.1. The maximum absolute atomic E-state index is 12.6. The largest absolute Gasteiger partial charge is 0.462 e. The Morgan fingerprint density at radius 2 is 0.827 bits per heavy atom. The number of carbonyl (C=O) groups excluding carboxylic acids is 3. The summed E-state index contributed by atoms with van der Waals surface area (Å²) in [6, 6.07) is 0. The predicted molar refractivity (Wildman–Crippen MR) is 215 cm³/mol. The molecule has 2 unspecified atom stereocenters. The van der Waals surface area contributed by atoms with E-state index in [1.807, 2.05) is 13.8 Å². The summed E-state index contributed by atoms with van der Waals surface area (Å²) in [5.41, 5.74) is 0. The van der Waals surface area contributed by atoms with E-state index in [1.54, 1.807) is 0 Å². The zero-order valence-electron chi connectivity index (χ0n) is 33.3. The molecule has 5 nitrogen and oxygen atoms in total. The lowest BCUT2D eigenvalue weighted by atomic mass is 9.75. The molecule has 0 saturated heterocycles. The fourth-order valence-corrected chi connectivity index (χ4v) is 11.2. The Kier molecular flexibility index (Phi) is 20.8. The maximum atomic E-state index is 12.6. The summed E-state index contributed by atoms with van der Waals surface area (Å²) >= 11 is 14.0. The van der Waals surface area contributed by atoms with Crippen LogP contribution in [0.25, 0.3) is 0 Å². The first-order chi connectivity index (χ1) is 25.2. The fraction of sp³-hybridized carbons (Fsp3) is 0.933. The molecule has 0 radical (unpaired) electrons. The van der Waals surface area contributed by atoms with Gasteiger partial charge in [0.25, 0.3) is 0 Å². The molecule has 7 heteroatoms. The number of unbranched alkanes of at least 4 members (excludes halogenated alkanes) is 2. The molecule has 4 aliphatic rings.